The number of carbonyl (C=O) groups is 2. The van der Waals surface area contributed by atoms with E-state index in [-0.39, 0.29) is 0 Å². The molecule has 0 fully saturated rings. The fourth-order valence-corrected chi connectivity index (χ4v) is 2.09. The second-order valence-corrected chi connectivity index (χ2v) is 4.85. The molecule has 0 aliphatic carbocycles. The largest absolute Gasteiger partial charge is 0.332 e. The fourth-order valence-electron chi connectivity index (χ4n) is 2.09. The van der Waals surface area contributed by atoms with E-state index in [9.17, 15) is 9.59 Å². The van der Waals surface area contributed by atoms with Gasteiger partial charge in [0.1, 0.15) is 0 Å². The van der Waals surface area contributed by atoms with Crippen molar-refractivity contribution >= 4 is 17.8 Å². The van der Waals surface area contributed by atoms with Crippen LogP contribution in [0, 0.1) is 0 Å². The first-order valence-corrected chi connectivity index (χ1v) is 7.32. The molecule has 2 aromatic carbocycles. The maximum Gasteiger partial charge on any atom is 0.295 e. The van der Waals surface area contributed by atoms with Gasteiger partial charge < -0.3 is 4.90 Å². The van der Waals surface area contributed by atoms with Crippen molar-refractivity contribution in [1.82, 2.24) is 4.90 Å². The first kappa shape index (κ1) is 15.7. The quantitative estimate of drug-likeness (QED) is 0.604. The molecule has 0 N–H and O–H groups in total. The van der Waals surface area contributed by atoms with Crippen LogP contribution in [0.4, 0.5) is 0 Å². The van der Waals surface area contributed by atoms with Crippen LogP contribution in [0.25, 0.3) is 6.08 Å². The number of ketones is 1. The van der Waals surface area contributed by atoms with Crippen molar-refractivity contribution in [1.29, 1.82) is 0 Å². The predicted octanol–water partition coefficient (Wildman–Crippen LogP) is 3.43. The van der Waals surface area contributed by atoms with E-state index < -0.39 is 11.7 Å². The molecule has 2 rings (SSSR count). The Morgan fingerprint density at radius 1 is 0.955 bits per heavy atom. The zero-order chi connectivity index (χ0) is 15.8. The highest BCUT2D eigenvalue weighted by Gasteiger charge is 2.20. The summed E-state index contributed by atoms with van der Waals surface area (Å²) in [6, 6.07) is 18.5. The molecule has 0 radical (unpaired) electrons. The van der Waals surface area contributed by atoms with Gasteiger partial charge in [-0.25, -0.2) is 0 Å². The van der Waals surface area contributed by atoms with E-state index in [0.717, 1.165) is 5.56 Å². The third-order valence-electron chi connectivity index (χ3n) is 3.33. The van der Waals surface area contributed by atoms with Crippen LogP contribution in [-0.2, 0) is 4.79 Å². The Labute approximate surface area is 130 Å². The Balaban J connectivity index is 2.00. The van der Waals surface area contributed by atoms with Crippen molar-refractivity contribution in [3.8, 4) is 0 Å². The van der Waals surface area contributed by atoms with Gasteiger partial charge in [0.25, 0.3) is 5.91 Å². The van der Waals surface area contributed by atoms with Gasteiger partial charge in [0.15, 0.2) is 0 Å². The summed E-state index contributed by atoms with van der Waals surface area (Å²) in [6.07, 6.45) is 3.85. The van der Waals surface area contributed by atoms with Crippen LogP contribution in [0.15, 0.2) is 66.7 Å². The maximum atomic E-state index is 12.3. The standard InChI is InChI=1S/C19H19NO2/c1-2-20(15-9-12-16-10-5-3-6-11-16)19(22)18(21)17-13-7-4-8-14-17/h3-14H,2,15H2,1H3/b12-9+. The van der Waals surface area contributed by atoms with Gasteiger partial charge in [0.05, 0.1) is 0 Å². The van der Waals surface area contributed by atoms with Gasteiger partial charge in [-0.05, 0) is 12.5 Å². The maximum absolute atomic E-state index is 12.3. The number of amides is 1. The lowest BCUT2D eigenvalue weighted by molar-refractivity contribution is -0.125. The molecule has 0 aliphatic heterocycles. The van der Waals surface area contributed by atoms with E-state index in [1.54, 1.807) is 24.3 Å². The van der Waals surface area contributed by atoms with Crippen molar-refractivity contribution in [2.24, 2.45) is 0 Å². The molecule has 0 bridgehead atoms. The summed E-state index contributed by atoms with van der Waals surface area (Å²) >= 11 is 0. The first-order chi connectivity index (χ1) is 10.7. The second-order valence-electron chi connectivity index (χ2n) is 4.85. The average molecular weight is 293 g/mol. The highest BCUT2D eigenvalue weighted by atomic mass is 16.2. The van der Waals surface area contributed by atoms with Crippen LogP contribution in [0.1, 0.15) is 22.8 Å². The molecular formula is C19H19NO2. The van der Waals surface area contributed by atoms with Crippen molar-refractivity contribution in [3.63, 3.8) is 0 Å². The molecule has 0 aromatic heterocycles. The summed E-state index contributed by atoms with van der Waals surface area (Å²) in [6.45, 7) is 2.78. The monoisotopic (exact) mass is 293 g/mol. The fraction of sp³-hybridized carbons (Fsp3) is 0.158. The minimum absolute atomic E-state index is 0.419. The summed E-state index contributed by atoms with van der Waals surface area (Å²) in [5, 5.41) is 0. The number of rotatable bonds is 6. The minimum atomic E-state index is -0.466. The SMILES string of the molecule is CCN(C/C=C/c1ccccc1)C(=O)C(=O)c1ccccc1. The Hall–Kier alpha value is -2.68. The van der Waals surface area contributed by atoms with Gasteiger partial charge in [0.2, 0.25) is 5.78 Å². The van der Waals surface area contributed by atoms with Crippen LogP contribution in [0.2, 0.25) is 0 Å². The Morgan fingerprint density at radius 3 is 2.14 bits per heavy atom. The third kappa shape index (κ3) is 4.16. The average Bonchev–Trinajstić information content (AvgIpc) is 2.59. The zero-order valence-corrected chi connectivity index (χ0v) is 12.6. The van der Waals surface area contributed by atoms with Gasteiger partial charge in [-0.3, -0.25) is 9.59 Å². The van der Waals surface area contributed by atoms with Gasteiger partial charge in [-0.2, -0.15) is 0 Å². The Bertz CT molecular complexity index is 648. The van der Waals surface area contributed by atoms with Gasteiger partial charge in [-0.15, -0.1) is 0 Å². The van der Waals surface area contributed by atoms with Crippen LogP contribution in [0.5, 0.6) is 0 Å². The van der Waals surface area contributed by atoms with Crippen LogP contribution >= 0.6 is 0 Å². The molecule has 3 nitrogen and oxygen atoms in total. The molecule has 0 saturated heterocycles. The lowest BCUT2D eigenvalue weighted by Crippen LogP contribution is -2.36. The number of Topliss-reactive ketones (excluding diaryl/α,β-unsaturated/α-hetero) is 1. The van der Waals surface area contributed by atoms with E-state index >= 15 is 0 Å². The van der Waals surface area contributed by atoms with Crippen molar-refractivity contribution in [2.75, 3.05) is 13.1 Å². The van der Waals surface area contributed by atoms with E-state index in [1.807, 2.05) is 55.5 Å². The van der Waals surface area contributed by atoms with Crippen LogP contribution < -0.4 is 0 Å². The number of carbonyl (C=O) groups excluding carboxylic acids is 2. The van der Waals surface area contributed by atoms with E-state index in [2.05, 4.69) is 0 Å². The summed E-state index contributed by atoms with van der Waals surface area (Å²) in [4.78, 5) is 26.0. The summed E-state index contributed by atoms with van der Waals surface area (Å²) < 4.78 is 0. The van der Waals surface area contributed by atoms with Crippen LogP contribution in [-0.4, -0.2) is 29.7 Å². The predicted molar refractivity (Wildman–Crippen MR) is 88.5 cm³/mol. The minimum Gasteiger partial charge on any atom is -0.332 e. The van der Waals surface area contributed by atoms with Gasteiger partial charge in [0, 0.05) is 18.7 Å². The Kier molecular flexibility index (Phi) is 5.66. The molecule has 112 valence electrons. The number of likely N-dealkylation sites (N-methyl/N-ethyl adjacent to an activating group) is 1. The Morgan fingerprint density at radius 2 is 1.55 bits per heavy atom. The van der Waals surface area contributed by atoms with Crippen LogP contribution in [0.3, 0.4) is 0 Å². The molecule has 22 heavy (non-hydrogen) atoms. The summed E-state index contributed by atoms with van der Waals surface area (Å²) in [5.74, 6) is -0.929. The number of hydrogen-bond donors (Lipinski definition) is 0. The second kappa shape index (κ2) is 7.93. The van der Waals surface area contributed by atoms with E-state index in [0.29, 0.717) is 18.7 Å². The topological polar surface area (TPSA) is 37.4 Å². The molecule has 0 atom stereocenters. The highest BCUT2D eigenvalue weighted by molar-refractivity contribution is 6.42. The lowest BCUT2D eigenvalue weighted by Gasteiger charge is -2.18. The molecule has 0 aliphatic rings. The lowest BCUT2D eigenvalue weighted by atomic mass is 10.1. The van der Waals surface area contributed by atoms with Gasteiger partial charge >= 0.3 is 0 Å². The first-order valence-electron chi connectivity index (χ1n) is 7.32. The molecule has 0 unspecified atom stereocenters. The number of hydrogen-bond acceptors (Lipinski definition) is 2. The molecule has 3 heteroatoms. The molecule has 2 aromatic rings. The van der Waals surface area contributed by atoms with E-state index in [4.69, 9.17) is 0 Å². The molecular weight excluding hydrogens is 274 g/mol. The van der Waals surface area contributed by atoms with Crippen molar-refractivity contribution in [3.05, 3.63) is 77.9 Å². The highest BCUT2D eigenvalue weighted by Crippen LogP contribution is 2.05. The van der Waals surface area contributed by atoms with Gasteiger partial charge in [-0.1, -0.05) is 72.8 Å². The molecule has 1 amide bonds. The summed E-state index contributed by atoms with van der Waals surface area (Å²) in [5.41, 5.74) is 1.50. The van der Waals surface area contributed by atoms with E-state index in [1.165, 1.54) is 4.90 Å². The van der Waals surface area contributed by atoms with Crippen molar-refractivity contribution in [2.45, 2.75) is 6.92 Å². The van der Waals surface area contributed by atoms with Crippen molar-refractivity contribution < 1.29 is 9.59 Å². The number of benzene rings is 2. The normalized spacial score (nSPS) is 10.6. The summed E-state index contributed by atoms with van der Waals surface area (Å²) in [7, 11) is 0. The number of nitrogens with zero attached hydrogens (tertiary/aromatic N) is 1. The molecule has 0 spiro atoms. The molecule has 0 saturated carbocycles. The zero-order valence-electron chi connectivity index (χ0n) is 12.6. The smallest absolute Gasteiger partial charge is 0.295 e. The third-order valence-corrected chi connectivity index (χ3v) is 3.33. The molecule has 0 heterocycles.